The molecule has 0 heterocycles. The largest absolute Gasteiger partial charge is 0.310 e. The molecule has 0 aromatic heterocycles. The summed E-state index contributed by atoms with van der Waals surface area (Å²) in [5.41, 5.74) is 6.70. The normalized spacial score (nSPS) is 14.6. The van der Waals surface area contributed by atoms with Crippen molar-refractivity contribution in [2.75, 3.05) is 0 Å². The molecule has 1 nitrogen and oxygen atoms in total. The van der Waals surface area contributed by atoms with Gasteiger partial charge in [-0.05, 0) is 54.5 Å². The Morgan fingerprint density at radius 3 is 2.21 bits per heavy atom. The second kappa shape index (κ2) is 5.18. The Balaban J connectivity index is 1.74. The van der Waals surface area contributed by atoms with Crippen molar-refractivity contribution in [3.63, 3.8) is 0 Å². The molecule has 98 valence electrons. The number of rotatable bonds is 4. The summed E-state index contributed by atoms with van der Waals surface area (Å²) in [5.74, 6) is 0. The summed E-state index contributed by atoms with van der Waals surface area (Å²) in [6.45, 7) is 5.33. The molecule has 0 aliphatic heterocycles. The molecule has 2 aromatic rings. The first-order chi connectivity index (χ1) is 9.22. The van der Waals surface area contributed by atoms with E-state index in [1.54, 1.807) is 0 Å². The van der Waals surface area contributed by atoms with Crippen molar-refractivity contribution in [2.24, 2.45) is 0 Å². The van der Waals surface area contributed by atoms with Gasteiger partial charge >= 0.3 is 0 Å². The van der Waals surface area contributed by atoms with Crippen LogP contribution < -0.4 is 5.32 Å². The van der Waals surface area contributed by atoms with Crippen LogP contribution in [-0.2, 0) is 6.54 Å². The molecule has 1 N–H and O–H groups in total. The minimum absolute atomic E-state index is 0.777. The van der Waals surface area contributed by atoms with Crippen LogP contribution in [0, 0.1) is 13.8 Å². The Bertz CT molecular complexity index is 565. The molecule has 1 aliphatic carbocycles. The van der Waals surface area contributed by atoms with E-state index in [1.807, 2.05) is 0 Å². The third kappa shape index (κ3) is 3.05. The average molecular weight is 251 g/mol. The molecule has 0 spiro atoms. The molecular weight excluding hydrogens is 230 g/mol. The average Bonchev–Trinajstić information content (AvgIpc) is 3.24. The zero-order valence-corrected chi connectivity index (χ0v) is 11.7. The van der Waals surface area contributed by atoms with Gasteiger partial charge in [-0.1, -0.05) is 42.5 Å². The number of aryl methyl sites for hydroxylation is 2. The van der Waals surface area contributed by atoms with Crippen LogP contribution in [0.2, 0.25) is 0 Å². The second-order valence-electron chi connectivity index (χ2n) is 5.65. The lowest BCUT2D eigenvalue weighted by atomic mass is 9.99. The summed E-state index contributed by atoms with van der Waals surface area (Å²) in [5, 5.41) is 3.55. The Kier molecular flexibility index (Phi) is 3.39. The van der Waals surface area contributed by atoms with Crippen molar-refractivity contribution < 1.29 is 0 Å². The lowest BCUT2D eigenvalue weighted by molar-refractivity contribution is 0.688. The molecule has 0 atom stereocenters. The highest BCUT2D eigenvalue weighted by Gasteiger charge is 2.19. The summed E-state index contributed by atoms with van der Waals surface area (Å²) in [4.78, 5) is 0. The summed E-state index contributed by atoms with van der Waals surface area (Å²) in [6, 6.07) is 16.4. The molecule has 0 amide bonds. The highest BCUT2D eigenvalue weighted by Crippen LogP contribution is 2.23. The highest BCUT2D eigenvalue weighted by atomic mass is 14.9. The van der Waals surface area contributed by atoms with Crippen molar-refractivity contribution in [1.29, 1.82) is 0 Å². The first-order valence-corrected chi connectivity index (χ1v) is 7.12. The minimum atomic E-state index is 0.777. The van der Waals surface area contributed by atoms with E-state index in [4.69, 9.17) is 0 Å². The smallest absolute Gasteiger partial charge is 0.0208 e. The van der Waals surface area contributed by atoms with Gasteiger partial charge in [0.05, 0.1) is 0 Å². The lowest BCUT2D eigenvalue weighted by Gasteiger charge is -2.07. The lowest BCUT2D eigenvalue weighted by Crippen LogP contribution is -2.14. The first-order valence-electron chi connectivity index (χ1n) is 7.12. The fourth-order valence-electron chi connectivity index (χ4n) is 2.29. The van der Waals surface area contributed by atoms with E-state index in [1.165, 1.54) is 40.7 Å². The van der Waals surface area contributed by atoms with Crippen molar-refractivity contribution in [1.82, 2.24) is 5.32 Å². The number of hydrogen-bond acceptors (Lipinski definition) is 1. The Morgan fingerprint density at radius 1 is 0.895 bits per heavy atom. The molecule has 19 heavy (non-hydrogen) atoms. The molecule has 1 saturated carbocycles. The zero-order valence-electron chi connectivity index (χ0n) is 11.7. The Hall–Kier alpha value is -1.60. The minimum Gasteiger partial charge on any atom is -0.310 e. The maximum Gasteiger partial charge on any atom is 0.0208 e. The van der Waals surface area contributed by atoms with Gasteiger partial charge in [0.25, 0.3) is 0 Å². The third-order valence-corrected chi connectivity index (χ3v) is 3.97. The molecule has 0 unspecified atom stereocenters. The zero-order chi connectivity index (χ0) is 13.2. The van der Waals surface area contributed by atoms with E-state index >= 15 is 0 Å². The SMILES string of the molecule is Cc1ccc(-c2ccc(CNC3CC3)cc2)cc1C. The maximum atomic E-state index is 3.55. The van der Waals surface area contributed by atoms with Crippen molar-refractivity contribution in [3.8, 4) is 11.1 Å². The first kappa shape index (κ1) is 12.4. The van der Waals surface area contributed by atoms with Crippen LogP contribution in [0.3, 0.4) is 0 Å². The van der Waals surface area contributed by atoms with Crippen LogP contribution in [0.15, 0.2) is 42.5 Å². The Morgan fingerprint density at radius 2 is 1.58 bits per heavy atom. The van der Waals surface area contributed by atoms with Gasteiger partial charge < -0.3 is 5.32 Å². The molecule has 0 saturated heterocycles. The third-order valence-electron chi connectivity index (χ3n) is 3.97. The maximum absolute atomic E-state index is 3.55. The molecule has 0 bridgehead atoms. The van der Waals surface area contributed by atoms with Crippen LogP contribution in [0.5, 0.6) is 0 Å². The number of hydrogen-bond donors (Lipinski definition) is 1. The van der Waals surface area contributed by atoms with E-state index in [-0.39, 0.29) is 0 Å². The van der Waals surface area contributed by atoms with Crippen molar-refractivity contribution in [3.05, 3.63) is 59.2 Å². The van der Waals surface area contributed by atoms with Gasteiger partial charge in [0.2, 0.25) is 0 Å². The fraction of sp³-hybridized carbons (Fsp3) is 0.333. The van der Waals surface area contributed by atoms with Crippen LogP contribution in [0.25, 0.3) is 11.1 Å². The quantitative estimate of drug-likeness (QED) is 0.857. The van der Waals surface area contributed by atoms with Gasteiger partial charge in [-0.2, -0.15) is 0 Å². The fourth-order valence-corrected chi connectivity index (χ4v) is 2.29. The van der Waals surface area contributed by atoms with E-state index in [0.29, 0.717) is 0 Å². The van der Waals surface area contributed by atoms with Crippen molar-refractivity contribution >= 4 is 0 Å². The standard InChI is InChI=1S/C18H21N/c1-13-3-6-17(11-14(13)2)16-7-4-15(5-8-16)12-19-18-9-10-18/h3-8,11,18-19H,9-10,12H2,1-2H3. The van der Waals surface area contributed by atoms with Gasteiger partial charge in [0.15, 0.2) is 0 Å². The molecule has 3 rings (SSSR count). The molecule has 1 heteroatoms. The topological polar surface area (TPSA) is 12.0 Å². The van der Waals surface area contributed by atoms with Crippen LogP contribution >= 0.6 is 0 Å². The second-order valence-corrected chi connectivity index (χ2v) is 5.65. The van der Waals surface area contributed by atoms with E-state index in [9.17, 15) is 0 Å². The van der Waals surface area contributed by atoms with Gasteiger partial charge in [-0.15, -0.1) is 0 Å². The van der Waals surface area contributed by atoms with Crippen LogP contribution in [0.4, 0.5) is 0 Å². The molecule has 1 fully saturated rings. The number of nitrogens with one attached hydrogen (secondary N) is 1. The van der Waals surface area contributed by atoms with E-state index in [0.717, 1.165) is 12.6 Å². The highest BCUT2D eigenvalue weighted by molar-refractivity contribution is 5.65. The van der Waals surface area contributed by atoms with Gasteiger partial charge in [0.1, 0.15) is 0 Å². The Labute approximate surface area is 115 Å². The molecule has 2 aromatic carbocycles. The van der Waals surface area contributed by atoms with Gasteiger partial charge in [-0.25, -0.2) is 0 Å². The molecular formula is C18H21N. The monoisotopic (exact) mass is 251 g/mol. The predicted molar refractivity (Wildman–Crippen MR) is 81.2 cm³/mol. The van der Waals surface area contributed by atoms with Crippen LogP contribution in [0.1, 0.15) is 29.5 Å². The van der Waals surface area contributed by atoms with Gasteiger partial charge in [-0.3, -0.25) is 0 Å². The summed E-state index contributed by atoms with van der Waals surface area (Å²) < 4.78 is 0. The van der Waals surface area contributed by atoms with E-state index < -0.39 is 0 Å². The molecule has 0 radical (unpaired) electrons. The molecule has 1 aliphatic rings. The van der Waals surface area contributed by atoms with E-state index in [2.05, 4.69) is 61.6 Å². The predicted octanol–water partition coefficient (Wildman–Crippen LogP) is 4.22. The summed E-state index contributed by atoms with van der Waals surface area (Å²) in [7, 11) is 0. The summed E-state index contributed by atoms with van der Waals surface area (Å²) >= 11 is 0. The van der Waals surface area contributed by atoms with Crippen molar-refractivity contribution in [2.45, 2.75) is 39.3 Å². The van der Waals surface area contributed by atoms with Crippen LogP contribution in [-0.4, -0.2) is 6.04 Å². The summed E-state index contributed by atoms with van der Waals surface area (Å²) in [6.07, 6.45) is 2.70. The van der Waals surface area contributed by atoms with Gasteiger partial charge in [0, 0.05) is 12.6 Å². The number of benzene rings is 2.